The quantitative estimate of drug-likeness (QED) is 0.622. The van der Waals surface area contributed by atoms with Gasteiger partial charge in [0, 0.05) is 6.92 Å². The first-order valence-electron chi connectivity index (χ1n) is 4.88. The molecule has 0 fully saturated rings. The summed E-state index contributed by atoms with van der Waals surface area (Å²) >= 11 is 5.04. The van der Waals surface area contributed by atoms with Crippen LogP contribution in [0.3, 0.4) is 0 Å². The van der Waals surface area contributed by atoms with E-state index in [1.807, 2.05) is 0 Å². The van der Waals surface area contributed by atoms with Crippen molar-refractivity contribution in [3.05, 3.63) is 28.5 Å². The highest BCUT2D eigenvalue weighted by Crippen LogP contribution is 2.16. The average molecular weight is 250 g/mol. The Labute approximate surface area is 102 Å². The van der Waals surface area contributed by atoms with Crippen molar-refractivity contribution >= 4 is 35.1 Å². The van der Waals surface area contributed by atoms with Gasteiger partial charge < -0.3 is 9.72 Å². The topological polar surface area (TPSA) is 64.1 Å². The minimum atomic E-state index is -0.429. The van der Waals surface area contributed by atoms with Crippen molar-refractivity contribution in [1.82, 2.24) is 9.55 Å². The number of aromatic amines is 1. The Balaban J connectivity index is 2.70. The lowest BCUT2D eigenvalue weighted by Crippen LogP contribution is -2.05. The molecule has 1 aromatic carbocycles. The summed E-state index contributed by atoms with van der Waals surface area (Å²) in [7, 11) is 1.31. The summed E-state index contributed by atoms with van der Waals surface area (Å²) in [6.07, 6.45) is 0. The first kappa shape index (κ1) is 11.5. The second-order valence-electron chi connectivity index (χ2n) is 3.51. The van der Waals surface area contributed by atoms with Crippen LogP contribution in [0.25, 0.3) is 11.0 Å². The van der Waals surface area contributed by atoms with Gasteiger partial charge in [0.15, 0.2) is 4.77 Å². The van der Waals surface area contributed by atoms with Gasteiger partial charge >= 0.3 is 5.97 Å². The standard InChI is InChI=1S/C11H10N2O3S/c1-6(14)13-9-4-3-7(10(15)16-2)5-8(9)12-11(13)17/h3-5H,1-2H3,(H,12,17). The van der Waals surface area contributed by atoms with Gasteiger partial charge in [-0.1, -0.05) is 0 Å². The molecule has 0 radical (unpaired) electrons. The van der Waals surface area contributed by atoms with Crippen molar-refractivity contribution in [2.24, 2.45) is 0 Å². The number of aromatic nitrogens is 2. The summed E-state index contributed by atoms with van der Waals surface area (Å²) in [5, 5.41) is 0. The Bertz CT molecular complexity index is 669. The lowest BCUT2D eigenvalue weighted by Gasteiger charge is -2.00. The number of hydrogen-bond donors (Lipinski definition) is 1. The summed E-state index contributed by atoms with van der Waals surface area (Å²) in [5.74, 6) is -0.603. The van der Waals surface area contributed by atoms with Gasteiger partial charge in [0.05, 0.1) is 23.7 Å². The lowest BCUT2D eigenvalue weighted by atomic mass is 10.2. The number of carbonyl (C=O) groups excluding carboxylic acids is 2. The monoisotopic (exact) mass is 250 g/mol. The van der Waals surface area contributed by atoms with E-state index in [2.05, 4.69) is 9.72 Å². The zero-order chi connectivity index (χ0) is 12.6. The summed E-state index contributed by atoms with van der Waals surface area (Å²) < 4.78 is 6.31. The Morgan fingerprint density at radius 1 is 1.41 bits per heavy atom. The number of fused-ring (bicyclic) bond motifs is 1. The van der Waals surface area contributed by atoms with Crippen LogP contribution in [-0.4, -0.2) is 28.5 Å². The molecule has 1 heterocycles. The van der Waals surface area contributed by atoms with Gasteiger partial charge in [0.1, 0.15) is 0 Å². The molecule has 0 aliphatic rings. The molecule has 0 amide bonds. The van der Waals surface area contributed by atoms with Gasteiger partial charge in [-0.3, -0.25) is 9.36 Å². The van der Waals surface area contributed by atoms with Gasteiger partial charge in [-0.15, -0.1) is 0 Å². The van der Waals surface area contributed by atoms with Gasteiger partial charge in [0.2, 0.25) is 5.91 Å². The molecule has 2 aromatic rings. The fourth-order valence-corrected chi connectivity index (χ4v) is 2.01. The molecule has 0 saturated carbocycles. The molecular formula is C11H10N2O3S. The molecular weight excluding hydrogens is 240 g/mol. The Hall–Kier alpha value is -1.95. The average Bonchev–Trinajstić information content (AvgIpc) is 2.62. The largest absolute Gasteiger partial charge is 0.465 e. The lowest BCUT2D eigenvalue weighted by molar-refractivity contribution is 0.0600. The Morgan fingerprint density at radius 2 is 2.12 bits per heavy atom. The highest BCUT2D eigenvalue weighted by atomic mass is 32.1. The summed E-state index contributed by atoms with van der Waals surface area (Å²) in [6.45, 7) is 1.43. The molecule has 5 nitrogen and oxygen atoms in total. The van der Waals surface area contributed by atoms with Gasteiger partial charge in [-0.25, -0.2) is 4.79 Å². The van der Waals surface area contributed by atoms with E-state index >= 15 is 0 Å². The van der Waals surface area contributed by atoms with Crippen molar-refractivity contribution in [3.8, 4) is 0 Å². The molecule has 6 heteroatoms. The third-order valence-corrected chi connectivity index (χ3v) is 2.70. The first-order chi connectivity index (χ1) is 8.04. The van der Waals surface area contributed by atoms with E-state index in [4.69, 9.17) is 12.2 Å². The number of H-pyrrole nitrogens is 1. The van der Waals surface area contributed by atoms with E-state index in [-0.39, 0.29) is 5.91 Å². The minimum Gasteiger partial charge on any atom is -0.465 e. The molecule has 1 N–H and O–H groups in total. The molecule has 0 unspecified atom stereocenters. The SMILES string of the molecule is COC(=O)c1ccc2c(c1)[nH]c(=S)n2C(C)=O. The van der Waals surface area contributed by atoms with E-state index in [1.165, 1.54) is 18.6 Å². The van der Waals surface area contributed by atoms with E-state index in [0.29, 0.717) is 21.4 Å². The highest BCUT2D eigenvalue weighted by Gasteiger charge is 2.11. The minimum absolute atomic E-state index is 0.174. The third kappa shape index (κ3) is 1.87. The van der Waals surface area contributed by atoms with Gasteiger partial charge in [0.25, 0.3) is 0 Å². The smallest absolute Gasteiger partial charge is 0.337 e. The maximum absolute atomic E-state index is 11.4. The number of esters is 1. The van der Waals surface area contributed by atoms with Crippen molar-refractivity contribution in [3.63, 3.8) is 0 Å². The number of nitrogens with zero attached hydrogens (tertiary/aromatic N) is 1. The molecule has 2 rings (SSSR count). The summed E-state index contributed by atoms with van der Waals surface area (Å²) in [5.41, 5.74) is 1.69. The van der Waals surface area contributed by atoms with Crippen LogP contribution in [0, 0.1) is 4.77 Å². The number of rotatable bonds is 1. The number of hydrogen-bond acceptors (Lipinski definition) is 4. The van der Waals surface area contributed by atoms with E-state index in [1.54, 1.807) is 18.2 Å². The van der Waals surface area contributed by atoms with Crippen LogP contribution in [0.2, 0.25) is 0 Å². The Morgan fingerprint density at radius 3 is 2.71 bits per heavy atom. The van der Waals surface area contributed by atoms with Gasteiger partial charge in [-0.05, 0) is 30.4 Å². The van der Waals surface area contributed by atoms with Crippen LogP contribution in [0.1, 0.15) is 22.1 Å². The Kier molecular flexibility index (Phi) is 2.81. The van der Waals surface area contributed by atoms with Crippen LogP contribution in [0.15, 0.2) is 18.2 Å². The zero-order valence-electron chi connectivity index (χ0n) is 9.31. The molecule has 0 spiro atoms. The van der Waals surface area contributed by atoms with Crippen LogP contribution >= 0.6 is 12.2 Å². The third-order valence-electron chi connectivity index (χ3n) is 2.42. The molecule has 0 aliphatic heterocycles. The number of methoxy groups -OCH3 is 1. The second-order valence-corrected chi connectivity index (χ2v) is 3.89. The molecule has 0 bridgehead atoms. The number of imidazole rings is 1. The fourth-order valence-electron chi connectivity index (χ4n) is 1.67. The number of ether oxygens (including phenoxy) is 1. The van der Waals surface area contributed by atoms with Crippen molar-refractivity contribution in [1.29, 1.82) is 0 Å². The molecule has 0 aliphatic carbocycles. The van der Waals surface area contributed by atoms with Crippen LogP contribution in [-0.2, 0) is 4.74 Å². The van der Waals surface area contributed by atoms with Crippen LogP contribution in [0.5, 0.6) is 0 Å². The molecule has 0 saturated heterocycles. The number of nitrogens with one attached hydrogen (secondary N) is 1. The van der Waals surface area contributed by atoms with Gasteiger partial charge in [-0.2, -0.15) is 0 Å². The number of carbonyl (C=O) groups is 2. The summed E-state index contributed by atoms with van der Waals surface area (Å²) in [4.78, 5) is 25.6. The molecule has 1 aromatic heterocycles. The predicted molar refractivity (Wildman–Crippen MR) is 64.8 cm³/mol. The molecule has 17 heavy (non-hydrogen) atoms. The van der Waals surface area contributed by atoms with E-state index in [0.717, 1.165) is 0 Å². The molecule has 88 valence electrons. The second kappa shape index (κ2) is 4.14. The predicted octanol–water partition coefficient (Wildman–Crippen LogP) is 2.15. The normalized spacial score (nSPS) is 10.5. The maximum Gasteiger partial charge on any atom is 0.337 e. The van der Waals surface area contributed by atoms with Crippen LogP contribution < -0.4 is 0 Å². The van der Waals surface area contributed by atoms with Crippen molar-refractivity contribution in [2.75, 3.05) is 7.11 Å². The van der Waals surface area contributed by atoms with Crippen molar-refractivity contribution < 1.29 is 14.3 Å². The summed E-state index contributed by atoms with van der Waals surface area (Å²) in [6, 6.07) is 4.86. The van der Waals surface area contributed by atoms with Crippen molar-refractivity contribution in [2.45, 2.75) is 6.92 Å². The van der Waals surface area contributed by atoms with Crippen LogP contribution in [0.4, 0.5) is 0 Å². The first-order valence-corrected chi connectivity index (χ1v) is 5.29. The zero-order valence-corrected chi connectivity index (χ0v) is 10.1. The maximum atomic E-state index is 11.4. The molecule has 0 atom stereocenters. The fraction of sp³-hybridized carbons (Fsp3) is 0.182. The highest BCUT2D eigenvalue weighted by molar-refractivity contribution is 7.71. The number of benzene rings is 1. The van der Waals surface area contributed by atoms with E-state index in [9.17, 15) is 9.59 Å². The van der Waals surface area contributed by atoms with E-state index < -0.39 is 5.97 Å².